The molecule has 0 saturated carbocycles. The Hall–Kier alpha value is -2.45. The van der Waals surface area contributed by atoms with Crippen LogP contribution in [0, 0.1) is 6.92 Å². The van der Waals surface area contributed by atoms with Gasteiger partial charge in [-0.3, -0.25) is 0 Å². The van der Waals surface area contributed by atoms with Gasteiger partial charge in [-0.15, -0.1) is 0 Å². The Labute approximate surface area is 152 Å². The minimum absolute atomic E-state index is 0.0141. The predicted octanol–water partition coefficient (Wildman–Crippen LogP) is 3.36. The van der Waals surface area contributed by atoms with Crippen LogP contribution in [0.5, 0.6) is 5.75 Å². The van der Waals surface area contributed by atoms with Crippen molar-refractivity contribution < 1.29 is 17.7 Å². The van der Waals surface area contributed by atoms with Crippen LogP contribution in [-0.2, 0) is 10.0 Å². The van der Waals surface area contributed by atoms with Gasteiger partial charge in [0, 0.05) is 10.8 Å². The number of fused-ring (bicyclic) bond motifs is 1. The zero-order valence-corrected chi connectivity index (χ0v) is 15.9. The SMILES string of the molecule is Cc1noc([C@@H](C)NS(=O)(=O)c2ccc(OC(C)C)c3ccccc23)n1. The molecule has 1 N–H and O–H groups in total. The lowest BCUT2D eigenvalue weighted by Crippen LogP contribution is -2.27. The second-order valence-corrected chi connectivity index (χ2v) is 7.98. The molecule has 3 rings (SSSR count). The lowest BCUT2D eigenvalue weighted by Gasteiger charge is -2.16. The number of rotatable bonds is 6. The van der Waals surface area contributed by atoms with E-state index in [2.05, 4.69) is 14.9 Å². The number of ether oxygens (including phenoxy) is 1. The summed E-state index contributed by atoms with van der Waals surface area (Å²) in [5, 5.41) is 5.02. The van der Waals surface area contributed by atoms with Crippen LogP contribution in [0.1, 0.15) is 38.5 Å². The van der Waals surface area contributed by atoms with Gasteiger partial charge in [0.25, 0.3) is 0 Å². The Morgan fingerprint density at radius 2 is 1.77 bits per heavy atom. The standard InChI is InChI=1S/C18H21N3O4S/c1-11(2)24-16-9-10-17(15-8-6-5-7-14(15)16)26(22,23)21-12(3)18-19-13(4)20-25-18/h5-12,21H,1-4H3/t12-/m1/s1. The highest BCUT2D eigenvalue weighted by atomic mass is 32.2. The van der Waals surface area contributed by atoms with E-state index in [1.807, 2.05) is 26.0 Å². The average Bonchev–Trinajstić information content (AvgIpc) is 3.01. The number of aryl methyl sites for hydroxylation is 1. The van der Waals surface area contributed by atoms with Gasteiger partial charge < -0.3 is 9.26 Å². The van der Waals surface area contributed by atoms with Crippen LogP contribution in [0.4, 0.5) is 0 Å². The third kappa shape index (κ3) is 3.71. The lowest BCUT2D eigenvalue weighted by atomic mass is 10.1. The first-order chi connectivity index (χ1) is 12.3. The van der Waals surface area contributed by atoms with Gasteiger partial charge in [0.05, 0.1) is 17.0 Å². The molecule has 26 heavy (non-hydrogen) atoms. The monoisotopic (exact) mass is 375 g/mol. The molecule has 1 atom stereocenters. The first-order valence-electron chi connectivity index (χ1n) is 8.29. The Kier molecular flexibility index (Phi) is 4.97. The van der Waals surface area contributed by atoms with Gasteiger partial charge in [-0.25, -0.2) is 8.42 Å². The van der Waals surface area contributed by atoms with Crippen LogP contribution in [0.15, 0.2) is 45.8 Å². The van der Waals surface area contributed by atoms with E-state index in [4.69, 9.17) is 9.26 Å². The number of benzene rings is 2. The maximum atomic E-state index is 12.9. The Morgan fingerprint density at radius 1 is 1.08 bits per heavy atom. The second kappa shape index (κ2) is 7.05. The molecule has 3 aromatic rings. The largest absolute Gasteiger partial charge is 0.490 e. The van der Waals surface area contributed by atoms with E-state index in [1.165, 1.54) is 0 Å². The summed E-state index contributed by atoms with van der Waals surface area (Å²) in [6, 6.07) is 9.84. The van der Waals surface area contributed by atoms with Gasteiger partial charge in [-0.2, -0.15) is 9.71 Å². The van der Waals surface area contributed by atoms with Crippen molar-refractivity contribution in [3.8, 4) is 5.75 Å². The molecule has 0 aliphatic carbocycles. The fourth-order valence-corrected chi connectivity index (χ4v) is 4.08. The predicted molar refractivity (Wildman–Crippen MR) is 97.5 cm³/mol. The molecule has 2 aromatic carbocycles. The van der Waals surface area contributed by atoms with E-state index in [9.17, 15) is 8.42 Å². The molecule has 0 radical (unpaired) electrons. The molecule has 138 valence electrons. The highest BCUT2D eigenvalue weighted by Crippen LogP contribution is 2.32. The Morgan fingerprint density at radius 3 is 2.38 bits per heavy atom. The van der Waals surface area contributed by atoms with Crippen LogP contribution in [0.25, 0.3) is 10.8 Å². The van der Waals surface area contributed by atoms with E-state index in [0.717, 1.165) is 5.39 Å². The summed E-state index contributed by atoms with van der Waals surface area (Å²) in [4.78, 5) is 4.25. The van der Waals surface area contributed by atoms with Crippen LogP contribution in [0.2, 0.25) is 0 Å². The molecular formula is C18H21N3O4S. The molecule has 0 fully saturated rings. The fraction of sp³-hybridized carbons (Fsp3) is 0.333. The zero-order chi connectivity index (χ0) is 18.9. The topological polar surface area (TPSA) is 94.3 Å². The number of aromatic nitrogens is 2. The third-order valence-corrected chi connectivity index (χ3v) is 5.34. The second-order valence-electron chi connectivity index (χ2n) is 6.30. The summed E-state index contributed by atoms with van der Waals surface area (Å²) >= 11 is 0. The van der Waals surface area contributed by atoms with E-state index in [-0.39, 0.29) is 16.9 Å². The van der Waals surface area contributed by atoms with E-state index >= 15 is 0 Å². The molecule has 0 aliphatic rings. The summed E-state index contributed by atoms with van der Waals surface area (Å²) in [7, 11) is -3.80. The average molecular weight is 375 g/mol. The minimum atomic E-state index is -3.80. The zero-order valence-electron chi connectivity index (χ0n) is 15.1. The minimum Gasteiger partial charge on any atom is -0.490 e. The summed E-state index contributed by atoms with van der Waals surface area (Å²) in [6.07, 6.45) is -0.0141. The van der Waals surface area contributed by atoms with Gasteiger partial charge in [0.2, 0.25) is 15.9 Å². The molecule has 0 spiro atoms. The molecule has 0 unspecified atom stereocenters. The van der Waals surface area contributed by atoms with Crippen LogP contribution in [-0.4, -0.2) is 24.7 Å². The Bertz CT molecular complexity index is 1030. The first-order valence-corrected chi connectivity index (χ1v) is 9.77. The van der Waals surface area contributed by atoms with Gasteiger partial charge in [0.15, 0.2) is 5.82 Å². The third-order valence-electron chi connectivity index (χ3n) is 3.74. The Balaban J connectivity index is 2.01. The first kappa shape index (κ1) is 18.3. The molecule has 8 heteroatoms. The van der Waals surface area contributed by atoms with Crippen LogP contribution < -0.4 is 9.46 Å². The highest BCUT2D eigenvalue weighted by molar-refractivity contribution is 7.89. The van der Waals surface area contributed by atoms with Crippen molar-refractivity contribution in [1.29, 1.82) is 0 Å². The molecule has 0 aliphatic heterocycles. The van der Waals surface area contributed by atoms with E-state index in [0.29, 0.717) is 17.0 Å². The fourth-order valence-electron chi connectivity index (χ4n) is 2.67. The van der Waals surface area contributed by atoms with E-state index in [1.54, 1.807) is 38.1 Å². The summed E-state index contributed by atoms with van der Waals surface area (Å²) < 4.78 is 39.3. The smallest absolute Gasteiger partial charge is 0.244 e. The number of nitrogens with one attached hydrogen (secondary N) is 1. The van der Waals surface area contributed by atoms with Crippen molar-refractivity contribution in [3.05, 3.63) is 48.1 Å². The molecule has 1 heterocycles. The van der Waals surface area contributed by atoms with Gasteiger partial charge >= 0.3 is 0 Å². The normalized spacial score (nSPS) is 13.3. The van der Waals surface area contributed by atoms with Crippen molar-refractivity contribution in [2.75, 3.05) is 0 Å². The van der Waals surface area contributed by atoms with Gasteiger partial charge in [-0.05, 0) is 39.8 Å². The highest BCUT2D eigenvalue weighted by Gasteiger charge is 2.24. The number of sulfonamides is 1. The van der Waals surface area contributed by atoms with Gasteiger partial charge in [-0.1, -0.05) is 29.4 Å². The van der Waals surface area contributed by atoms with Crippen molar-refractivity contribution >= 4 is 20.8 Å². The van der Waals surface area contributed by atoms with Crippen LogP contribution in [0.3, 0.4) is 0 Å². The quantitative estimate of drug-likeness (QED) is 0.710. The number of nitrogens with zero attached hydrogens (tertiary/aromatic N) is 2. The van der Waals surface area contributed by atoms with Crippen LogP contribution >= 0.6 is 0 Å². The summed E-state index contributed by atoms with van der Waals surface area (Å²) in [6.45, 7) is 7.18. The molecule has 1 aromatic heterocycles. The summed E-state index contributed by atoms with van der Waals surface area (Å²) in [5.74, 6) is 1.32. The maximum absolute atomic E-state index is 12.9. The number of hydrogen-bond donors (Lipinski definition) is 1. The molecule has 0 saturated heterocycles. The molecule has 0 bridgehead atoms. The summed E-state index contributed by atoms with van der Waals surface area (Å²) in [5.41, 5.74) is 0. The molecule has 0 amide bonds. The lowest BCUT2D eigenvalue weighted by molar-refractivity contribution is 0.245. The number of hydrogen-bond acceptors (Lipinski definition) is 6. The molecular weight excluding hydrogens is 354 g/mol. The van der Waals surface area contributed by atoms with E-state index < -0.39 is 16.1 Å². The van der Waals surface area contributed by atoms with Gasteiger partial charge in [0.1, 0.15) is 5.75 Å². The van der Waals surface area contributed by atoms with Crippen molar-refractivity contribution in [1.82, 2.24) is 14.9 Å². The molecule has 7 nitrogen and oxygen atoms in total. The van der Waals surface area contributed by atoms with Crippen molar-refractivity contribution in [2.45, 2.75) is 44.7 Å². The van der Waals surface area contributed by atoms with Crippen molar-refractivity contribution in [2.24, 2.45) is 0 Å². The van der Waals surface area contributed by atoms with Crippen molar-refractivity contribution in [3.63, 3.8) is 0 Å². The maximum Gasteiger partial charge on any atom is 0.244 e.